The molecular weight excluding hydrogens is 264 g/mol. The maximum Gasteiger partial charge on any atom is 0.135 e. The van der Waals surface area contributed by atoms with E-state index in [-0.39, 0.29) is 6.04 Å². The Morgan fingerprint density at radius 1 is 1.35 bits per heavy atom. The van der Waals surface area contributed by atoms with Crippen molar-refractivity contribution in [2.45, 2.75) is 6.04 Å². The number of hydrogen-bond acceptors (Lipinski definition) is 3. The number of piperazine rings is 1. The lowest BCUT2D eigenvalue weighted by molar-refractivity contribution is 0.147. The maximum absolute atomic E-state index is 13.2. The molecule has 94 valence electrons. The van der Waals surface area contributed by atoms with Gasteiger partial charge in [0, 0.05) is 31.7 Å². The van der Waals surface area contributed by atoms with Gasteiger partial charge in [0.15, 0.2) is 0 Å². The van der Waals surface area contributed by atoms with Crippen LogP contribution < -0.4 is 5.32 Å². The fourth-order valence-electron chi connectivity index (χ4n) is 2.04. The van der Waals surface area contributed by atoms with Crippen molar-refractivity contribution in [1.82, 2.24) is 15.2 Å². The van der Waals surface area contributed by atoms with Crippen molar-refractivity contribution in [3.8, 4) is 0 Å². The maximum atomic E-state index is 13.2. The van der Waals surface area contributed by atoms with Gasteiger partial charge in [-0.3, -0.25) is 4.90 Å². The first-order chi connectivity index (χ1) is 8.22. The molecule has 6 heteroatoms. The van der Waals surface area contributed by atoms with Gasteiger partial charge in [0.1, 0.15) is 17.0 Å². The fraction of sp³-hybridized carbons (Fsp3) is 0.545. The average Bonchev–Trinajstić information content (AvgIpc) is 2.34. The third-order valence-electron chi connectivity index (χ3n) is 2.94. The zero-order valence-corrected chi connectivity index (χ0v) is 10.8. The topological polar surface area (TPSA) is 28.2 Å². The Bertz CT molecular complexity index is 383. The number of rotatable bonds is 3. The smallest absolute Gasteiger partial charge is 0.135 e. The molecule has 3 nitrogen and oxygen atoms in total. The molecule has 0 spiro atoms. The second-order valence-electron chi connectivity index (χ2n) is 3.97. The van der Waals surface area contributed by atoms with E-state index in [1.54, 1.807) is 12.1 Å². The van der Waals surface area contributed by atoms with Crippen molar-refractivity contribution in [3.05, 3.63) is 28.0 Å². The molecule has 1 N–H and O–H groups in total. The van der Waals surface area contributed by atoms with Crippen molar-refractivity contribution in [3.63, 3.8) is 0 Å². The second kappa shape index (κ2) is 5.96. The number of nitrogens with one attached hydrogen (secondary N) is 1. The summed E-state index contributed by atoms with van der Waals surface area (Å²) in [5.74, 6) is 0. The molecule has 1 aromatic rings. The molecule has 2 rings (SSSR count). The highest BCUT2D eigenvalue weighted by Crippen LogP contribution is 2.28. The summed E-state index contributed by atoms with van der Waals surface area (Å²) in [4.78, 5) is 6.04. The van der Waals surface area contributed by atoms with Gasteiger partial charge in [-0.15, -0.1) is 0 Å². The van der Waals surface area contributed by atoms with Crippen molar-refractivity contribution in [2.24, 2.45) is 0 Å². The first kappa shape index (κ1) is 13.0. The van der Waals surface area contributed by atoms with E-state index in [2.05, 4.69) is 15.2 Å². The number of hydrogen-bond donors (Lipinski definition) is 1. The van der Waals surface area contributed by atoms with E-state index in [9.17, 15) is 4.39 Å². The molecule has 1 aliphatic rings. The Morgan fingerprint density at radius 3 is 2.65 bits per heavy atom. The van der Waals surface area contributed by atoms with Crippen LogP contribution in [0.1, 0.15) is 11.6 Å². The molecule has 2 heterocycles. The van der Waals surface area contributed by atoms with Crippen LogP contribution in [-0.2, 0) is 0 Å². The minimum Gasteiger partial charge on any atom is -0.314 e. The van der Waals surface area contributed by atoms with Gasteiger partial charge >= 0.3 is 0 Å². The Balaban J connectivity index is 2.21. The molecule has 0 radical (unpaired) electrons. The Labute approximate surface area is 110 Å². The van der Waals surface area contributed by atoms with E-state index in [0.29, 0.717) is 15.9 Å². The summed E-state index contributed by atoms with van der Waals surface area (Å²) >= 11 is 11.8. The van der Waals surface area contributed by atoms with Crippen molar-refractivity contribution in [2.75, 3.05) is 32.9 Å². The van der Waals surface area contributed by atoms with E-state index in [0.717, 1.165) is 26.2 Å². The molecule has 0 bridgehead atoms. The van der Waals surface area contributed by atoms with Gasteiger partial charge in [0.2, 0.25) is 0 Å². The van der Waals surface area contributed by atoms with Gasteiger partial charge in [-0.25, -0.2) is 9.37 Å². The van der Waals surface area contributed by atoms with Crippen LogP contribution in [0.2, 0.25) is 10.3 Å². The lowest BCUT2D eigenvalue weighted by Crippen LogP contribution is -2.45. The van der Waals surface area contributed by atoms with Crippen LogP contribution in [0.3, 0.4) is 0 Å². The van der Waals surface area contributed by atoms with E-state index in [4.69, 9.17) is 23.2 Å². The van der Waals surface area contributed by atoms with Gasteiger partial charge in [-0.05, 0) is 6.07 Å². The van der Waals surface area contributed by atoms with Crippen molar-refractivity contribution < 1.29 is 4.39 Å². The van der Waals surface area contributed by atoms with E-state index >= 15 is 0 Å². The van der Waals surface area contributed by atoms with Gasteiger partial charge in [0.25, 0.3) is 0 Å². The first-order valence-electron chi connectivity index (χ1n) is 5.55. The van der Waals surface area contributed by atoms with Crippen molar-refractivity contribution >= 4 is 23.2 Å². The van der Waals surface area contributed by atoms with Crippen molar-refractivity contribution in [1.29, 1.82) is 0 Å². The summed E-state index contributed by atoms with van der Waals surface area (Å²) in [7, 11) is 0. The van der Waals surface area contributed by atoms with Crippen LogP contribution in [0.25, 0.3) is 0 Å². The fourth-order valence-corrected chi connectivity index (χ4v) is 2.51. The van der Waals surface area contributed by atoms with Crippen LogP contribution in [0.5, 0.6) is 0 Å². The average molecular weight is 278 g/mol. The molecule has 1 aliphatic heterocycles. The quantitative estimate of drug-likeness (QED) is 0.860. The highest BCUT2D eigenvalue weighted by Gasteiger charge is 2.24. The minimum atomic E-state index is -0.469. The molecule has 0 aromatic carbocycles. The molecule has 1 saturated heterocycles. The molecule has 0 unspecified atom stereocenters. The zero-order chi connectivity index (χ0) is 12.3. The highest BCUT2D eigenvalue weighted by atomic mass is 35.5. The third kappa shape index (κ3) is 3.07. The Morgan fingerprint density at radius 2 is 2.06 bits per heavy atom. The standard InChI is InChI=1S/C11H14Cl2FN3/c12-10-2-1-8(11(13)16-10)9(7-14)17-5-3-15-4-6-17/h1-2,9,15H,3-7H2/t9-/m1/s1. The van der Waals surface area contributed by atoms with Gasteiger partial charge in [0.05, 0.1) is 6.04 Å². The Kier molecular flexibility index (Phi) is 4.56. The summed E-state index contributed by atoms with van der Waals surface area (Å²) in [6.07, 6.45) is 0. The minimum absolute atomic E-state index is 0.290. The molecular formula is C11H14Cl2FN3. The molecule has 1 aromatic heterocycles. The second-order valence-corrected chi connectivity index (χ2v) is 4.72. The van der Waals surface area contributed by atoms with Gasteiger partial charge in [-0.1, -0.05) is 29.3 Å². The van der Waals surface area contributed by atoms with Crippen LogP contribution >= 0.6 is 23.2 Å². The predicted octanol–water partition coefficient (Wildman–Crippen LogP) is 2.30. The van der Waals surface area contributed by atoms with Crippen LogP contribution in [-0.4, -0.2) is 42.7 Å². The number of pyridine rings is 1. The molecule has 1 atom stereocenters. The summed E-state index contributed by atoms with van der Waals surface area (Å²) in [5, 5.41) is 3.86. The summed E-state index contributed by atoms with van der Waals surface area (Å²) in [5.41, 5.74) is 0.709. The largest absolute Gasteiger partial charge is 0.314 e. The highest BCUT2D eigenvalue weighted by molar-refractivity contribution is 6.32. The number of halogens is 3. The summed E-state index contributed by atoms with van der Waals surface area (Å²) in [6, 6.07) is 3.08. The number of alkyl halides is 1. The summed E-state index contributed by atoms with van der Waals surface area (Å²) < 4.78 is 13.2. The van der Waals surface area contributed by atoms with Crippen LogP contribution in [0.4, 0.5) is 4.39 Å². The predicted molar refractivity (Wildman–Crippen MR) is 67.4 cm³/mol. The van der Waals surface area contributed by atoms with Crippen LogP contribution in [0.15, 0.2) is 12.1 Å². The SMILES string of the molecule is FC[C@H](c1ccc(Cl)nc1Cl)N1CCNCC1. The normalized spacial score (nSPS) is 19.2. The lowest BCUT2D eigenvalue weighted by atomic mass is 10.1. The van der Waals surface area contributed by atoms with Crippen LogP contribution in [0, 0.1) is 0 Å². The summed E-state index contributed by atoms with van der Waals surface area (Å²) in [6.45, 7) is 2.90. The number of nitrogens with zero attached hydrogens (tertiary/aromatic N) is 2. The molecule has 0 saturated carbocycles. The third-order valence-corrected chi connectivity index (χ3v) is 3.45. The number of aromatic nitrogens is 1. The monoisotopic (exact) mass is 277 g/mol. The molecule has 1 fully saturated rings. The molecule has 17 heavy (non-hydrogen) atoms. The first-order valence-corrected chi connectivity index (χ1v) is 6.30. The van der Waals surface area contributed by atoms with Gasteiger partial charge < -0.3 is 5.32 Å². The Hall–Kier alpha value is -0.420. The zero-order valence-electron chi connectivity index (χ0n) is 9.30. The molecule has 0 aliphatic carbocycles. The van der Waals surface area contributed by atoms with E-state index in [1.807, 2.05) is 0 Å². The lowest BCUT2D eigenvalue weighted by Gasteiger charge is -2.33. The van der Waals surface area contributed by atoms with Gasteiger partial charge in [-0.2, -0.15) is 0 Å². The van der Waals surface area contributed by atoms with E-state index in [1.165, 1.54) is 0 Å². The molecule has 0 amide bonds. The van der Waals surface area contributed by atoms with E-state index < -0.39 is 6.67 Å².